The van der Waals surface area contributed by atoms with Gasteiger partial charge in [-0.15, -0.1) is 0 Å². The van der Waals surface area contributed by atoms with Gasteiger partial charge in [-0.25, -0.2) is 0 Å². The molecule has 0 aliphatic heterocycles. The fourth-order valence-electron chi connectivity index (χ4n) is 2.96. The standard InChI is InChI=1S/C13H26N2O/c1-2-16-12-9-11(10-12)15-8-7-13(14)5-3-4-6-13/h11-12,15H,2-10,14H2,1H3. The van der Waals surface area contributed by atoms with Gasteiger partial charge in [0.1, 0.15) is 0 Å². The summed E-state index contributed by atoms with van der Waals surface area (Å²) in [4.78, 5) is 0. The number of rotatable bonds is 6. The molecule has 0 aromatic heterocycles. The zero-order chi connectivity index (χ0) is 11.4. The van der Waals surface area contributed by atoms with Crippen LogP contribution in [0, 0.1) is 0 Å². The Morgan fingerprint density at radius 1 is 1.31 bits per heavy atom. The van der Waals surface area contributed by atoms with Crippen LogP contribution in [0.2, 0.25) is 0 Å². The molecule has 3 nitrogen and oxygen atoms in total. The summed E-state index contributed by atoms with van der Waals surface area (Å²) < 4.78 is 5.54. The maximum Gasteiger partial charge on any atom is 0.0604 e. The van der Waals surface area contributed by atoms with Crippen LogP contribution in [0.1, 0.15) is 51.9 Å². The zero-order valence-corrected chi connectivity index (χ0v) is 10.5. The van der Waals surface area contributed by atoms with E-state index in [0.717, 1.165) is 19.6 Å². The lowest BCUT2D eigenvalue weighted by Crippen LogP contribution is -2.48. The summed E-state index contributed by atoms with van der Waals surface area (Å²) in [5.41, 5.74) is 6.46. The Balaban J connectivity index is 1.53. The first-order valence-corrected chi connectivity index (χ1v) is 6.86. The molecule has 2 rings (SSSR count). The van der Waals surface area contributed by atoms with Crippen molar-refractivity contribution in [2.24, 2.45) is 5.73 Å². The van der Waals surface area contributed by atoms with Gasteiger partial charge in [-0.1, -0.05) is 12.8 Å². The molecule has 0 unspecified atom stereocenters. The van der Waals surface area contributed by atoms with Gasteiger partial charge in [0, 0.05) is 18.2 Å². The van der Waals surface area contributed by atoms with Crippen LogP contribution in [0.4, 0.5) is 0 Å². The molecule has 2 aliphatic carbocycles. The third kappa shape index (κ3) is 3.19. The first-order valence-electron chi connectivity index (χ1n) is 6.86. The number of nitrogens with two attached hydrogens (primary N) is 1. The second-order valence-electron chi connectivity index (χ2n) is 5.52. The minimum absolute atomic E-state index is 0.149. The minimum Gasteiger partial charge on any atom is -0.378 e. The Morgan fingerprint density at radius 3 is 2.62 bits per heavy atom. The molecule has 3 heteroatoms. The van der Waals surface area contributed by atoms with E-state index in [0.29, 0.717) is 12.1 Å². The van der Waals surface area contributed by atoms with E-state index in [4.69, 9.17) is 10.5 Å². The van der Waals surface area contributed by atoms with Gasteiger partial charge in [0.15, 0.2) is 0 Å². The number of ether oxygens (including phenoxy) is 1. The van der Waals surface area contributed by atoms with Gasteiger partial charge in [-0.2, -0.15) is 0 Å². The molecule has 0 radical (unpaired) electrons. The minimum atomic E-state index is 0.149. The Morgan fingerprint density at radius 2 is 2.00 bits per heavy atom. The van der Waals surface area contributed by atoms with Crippen LogP contribution >= 0.6 is 0 Å². The second-order valence-corrected chi connectivity index (χ2v) is 5.52. The van der Waals surface area contributed by atoms with Crippen molar-refractivity contribution in [3.8, 4) is 0 Å². The summed E-state index contributed by atoms with van der Waals surface area (Å²) in [6.07, 6.45) is 9.13. The van der Waals surface area contributed by atoms with Crippen LogP contribution in [0.25, 0.3) is 0 Å². The normalized spacial score (nSPS) is 32.6. The maximum absolute atomic E-state index is 6.32. The average Bonchev–Trinajstić information content (AvgIpc) is 2.62. The van der Waals surface area contributed by atoms with Gasteiger partial charge in [-0.05, 0) is 45.6 Å². The summed E-state index contributed by atoms with van der Waals surface area (Å²) in [6.45, 7) is 4.00. The lowest BCUT2D eigenvalue weighted by Gasteiger charge is -2.36. The van der Waals surface area contributed by atoms with Crippen molar-refractivity contribution in [1.29, 1.82) is 0 Å². The molecule has 3 N–H and O–H groups in total. The molecule has 0 aromatic rings. The molecule has 2 fully saturated rings. The topological polar surface area (TPSA) is 47.3 Å². The van der Waals surface area contributed by atoms with Crippen molar-refractivity contribution in [2.45, 2.75) is 69.6 Å². The van der Waals surface area contributed by atoms with E-state index in [1.807, 2.05) is 0 Å². The summed E-state index contributed by atoms with van der Waals surface area (Å²) in [6, 6.07) is 0.682. The largest absolute Gasteiger partial charge is 0.378 e. The van der Waals surface area contributed by atoms with Crippen molar-refractivity contribution in [3.63, 3.8) is 0 Å². The van der Waals surface area contributed by atoms with E-state index < -0.39 is 0 Å². The Bertz CT molecular complexity index is 208. The molecule has 94 valence electrons. The summed E-state index contributed by atoms with van der Waals surface area (Å²) >= 11 is 0. The van der Waals surface area contributed by atoms with E-state index in [1.165, 1.54) is 38.5 Å². The molecule has 0 heterocycles. The Hall–Kier alpha value is -0.120. The van der Waals surface area contributed by atoms with Crippen molar-refractivity contribution in [2.75, 3.05) is 13.2 Å². The van der Waals surface area contributed by atoms with Crippen LogP contribution in [-0.2, 0) is 4.74 Å². The average molecular weight is 226 g/mol. The monoisotopic (exact) mass is 226 g/mol. The first-order chi connectivity index (χ1) is 7.72. The SMILES string of the molecule is CCOC1CC(NCCC2(N)CCCC2)C1. The first kappa shape index (κ1) is 12.3. The van der Waals surface area contributed by atoms with E-state index in [2.05, 4.69) is 12.2 Å². The molecule has 2 saturated carbocycles. The number of nitrogens with one attached hydrogen (secondary N) is 1. The van der Waals surface area contributed by atoms with Gasteiger partial charge < -0.3 is 15.8 Å². The van der Waals surface area contributed by atoms with Crippen LogP contribution in [-0.4, -0.2) is 30.8 Å². The van der Waals surface area contributed by atoms with Crippen molar-refractivity contribution < 1.29 is 4.74 Å². The van der Waals surface area contributed by atoms with Crippen LogP contribution in [0.5, 0.6) is 0 Å². The van der Waals surface area contributed by atoms with Gasteiger partial charge in [0.25, 0.3) is 0 Å². The molecule has 2 aliphatic rings. The van der Waals surface area contributed by atoms with Gasteiger partial charge in [0.2, 0.25) is 0 Å². The van der Waals surface area contributed by atoms with E-state index in [-0.39, 0.29) is 5.54 Å². The molecule has 0 aromatic carbocycles. The molecule has 0 bridgehead atoms. The summed E-state index contributed by atoms with van der Waals surface area (Å²) in [7, 11) is 0. The van der Waals surface area contributed by atoms with Crippen LogP contribution in [0.15, 0.2) is 0 Å². The highest BCUT2D eigenvalue weighted by molar-refractivity contribution is 4.91. The fraction of sp³-hybridized carbons (Fsp3) is 1.00. The van der Waals surface area contributed by atoms with Crippen molar-refractivity contribution >= 4 is 0 Å². The Labute approximate surface area is 99.1 Å². The Kier molecular flexibility index (Phi) is 4.22. The highest BCUT2D eigenvalue weighted by Crippen LogP contribution is 2.30. The van der Waals surface area contributed by atoms with E-state index in [1.54, 1.807) is 0 Å². The quantitative estimate of drug-likeness (QED) is 0.726. The van der Waals surface area contributed by atoms with E-state index >= 15 is 0 Å². The van der Waals surface area contributed by atoms with Crippen molar-refractivity contribution in [1.82, 2.24) is 5.32 Å². The molecule has 0 atom stereocenters. The molecule has 16 heavy (non-hydrogen) atoms. The molecule has 0 spiro atoms. The van der Waals surface area contributed by atoms with E-state index in [9.17, 15) is 0 Å². The maximum atomic E-state index is 6.32. The predicted octanol–water partition coefficient (Wildman–Crippen LogP) is 1.81. The lowest BCUT2D eigenvalue weighted by atomic mass is 9.88. The number of hydrogen-bond donors (Lipinski definition) is 2. The molecule has 0 saturated heterocycles. The zero-order valence-electron chi connectivity index (χ0n) is 10.5. The third-order valence-corrected chi connectivity index (χ3v) is 4.15. The van der Waals surface area contributed by atoms with Crippen LogP contribution in [0.3, 0.4) is 0 Å². The van der Waals surface area contributed by atoms with Crippen molar-refractivity contribution in [3.05, 3.63) is 0 Å². The van der Waals surface area contributed by atoms with Crippen LogP contribution < -0.4 is 11.1 Å². The summed E-state index contributed by atoms with van der Waals surface area (Å²) in [5, 5.41) is 3.60. The number of hydrogen-bond acceptors (Lipinski definition) is 3. The molecular formula is C13H26N2O. The third-order valence-electron chi connectivity index (χ3n) is 4.15. The fourth-order valence-corrected chi connectivity index (χ4v) is 2.96. The highest BCUT2D eigenvalue weighted by atomic mass is 16.5. The molecular weight excluding hydrogens is 200 g/mol. The highest BCUT2D eigenvalue weighted by Gasteiger charge is 2.31. The lowest BCUT2D eigenvalue weighted by molar-refractivity contribution is -0.0100. The summed E-state index contributed by atoms with van der Waals surface area (Å²) in [5.74, 6) is 0. The smallest absolute Gasteiger partial charge is 0.0604 e. The predicted molar refractivity (Wildman–Crippen MR) is 66.4 cm³/mol. The second kappa shape index (κ2) is 5.48. The van der Waals surface area contributed by atoms with Gasteiger partial charge in [-0.3, -0.25) is 0 Å². The van der Waals surface area contributed by atoms with Gasteiger partial charge >= 0.3 is 0 Å². The van der Waals surface area contributed by atoms with Gasteiger partial charge in [0.05, 0.1) is 6.10 Å². The molecule has 0 amide bonds.